The van der Waals surface area contributed by atoms with Gasteiger partial charge in [0, 0.05) is 42.5 Å². The zero-order valence-electron chi connectivity index (χ0n) is 16.1. The normalized spacial score (nSPS) is 15.4. The van der Waals surface area contributed by atoms with Gasteiger partial charge in [0.15, 0.2) is 11.5 Å². The molecule has 0 bridgehead atoms. The SMILES string of the molecule is Cc1ccc(Cl)cc1N1CCN(C(=O)CNC(=O)c2ccc3c(c2)OCO3)CC1. The molecular formula is C21H22ClN3O4. The molecule has 152 valence electrons. The van der Waals surface area contributed by atoms with E-state index in [0.717, 1.165) is 24.3 Å². The van der Waals surface area contributed by atoms with E-state index >= 15 is 0 Å². The highest BCUT2D eigenvalue weighted by molar-refractivity contribution is 6.30. The van der Waals surface area contributed by atoms with Gasteiger partial charge in [-0.25, -0.2) is 0 Å². The second-order valence-corrected chi connectivity index (χ2v) is 7.49. The van der Waals surface area contributed by atoms with Crippen molar-refractivity contribution in [3.8, 4) is 11.5 Å². The molecule has 0 radical (unpaired) electrons. The Hall–Kier alpha value is -2.93. The van der Waals surface area contributed by atoms with Crippen molar-refractivity contribution in [1.29, 1.82) is 0 Å². The average molecular weight is 416 g/mol. The van der Waals surface area contributed by atoms with Gasteiger partial charge in [-0.3, -0.25) is 9.59 Å². The van der Waals surface area contributed by atoms with Crippen LogP contribution >= 0.6 is 11.6 Å². The first-order valence-electron chi connectivity index (χ1n) is 9.48. The van der Waals surface area contributed by atoms with Crippen LogP contribution in [0, 0.1) is 6.92 Å². The lowest BCUT2D eigenvalue weighted by Crippen LogP contribution is -2.51. The first-order valence-corrected chi connectivity index (χ1v) is 9.86. The maximum atomic E-state index is 12.5. The number of carbonyl (C=O) groups excluding carboxylic acids is 2. The average Bonchev–Trinajstić information content (AvgIpc) is 3.21. The van der Waals surface area contributed by atoms with Crippen LogP contribution in [0.4, 0.5) is 5.69 Å². The van der Waals surface area contributed by atoms with E-state index in [1.54, 1.807) is 23.1 Å². The highest BCUT2D eigenvalue weighted by Crippen LogP contribution is 2.32. The van der Waals surface area contributed by atoms with Crippen molar-refractivity contribution in [2.75, 3.05) is 44.4 Å². The monoisotopic (exact) mass is 415 g/mol. The lowest BCUT2D eigenvalue weighted by molar-refractivity contribution is -0.130. The molecule has 1 fully saturated rings. The predicted octanol–water partition coefficient (Wildman–Crippen LogP) is 2.46. The number of ether oxygens (including phenoxy) is 2. The summed E-state index contributed by atoms with van der Waals surface area (Å²) in [7, 11) is 0. The third-order valence-electron chi connectivity index (χ3n) is 5.18. The van der Waals surface area contributed by atoms with E-state index < -0.39 is 0 Å². The summed E-state index contributed by atoms with van der Waals surface area (Å²) in [6.45, 7) is 4.82. The maximum Gasteiger partial charge on any atom is 0.251 e. The summed E-state index contributed by atoms with van der Waals surface area (Å²) in [6, 6.07) is 10.8. The van der Waals surface area contributed by atoms with E-state index in [1.807, 2.05) is 18.2 Å². The predicted molar refractivity (Wildman–Crippen MR) is 110 cm³/mol. The highest BCUT2D eigenvalue weighted by Gasteiger charge is 2.23. The summed E-state index contributed by atoms with van der Waals surface area (Å²) in [4.78, 5) is 28.9. The molecule has 0 saturated carbocycles. The molecule has 2 amide bonds. The largest absolute Gasteiger partial charge is 0.454 e. The standard InChI is InChI=1S/C21H22ClN3O4/c1-14-2-4-16(22)11-17(14)24-6-8-25(9-7-24)20(26)12-23-21(27)15-3-5-18-19(10-15)29-13-28-18/h2-5,10-11H,6-9,12-13H2,1H3,(H,23,27). The molecule has 0 unspecified atom stereocenters. The minimum absolute atomic E-state index is 0.0382. The molecular weight excluding hydrogens is 394 g/mol. The van der Waals surface area contributed by atoms with E-state index in [1.165, 1.54) is 0 Å². The van der Waals surface area contributed by atoms with Gasteiger partial charge in [0.05, 0.1) is 6.54 Å². The second kappa shape index (κ2) is 8.21. The maximum absolute atomic E-state index is 12.5. The number of hydrogen-bond donors (Lipinski definition) is 1. The topological polar surface area (TPSA) is 71.1 Å². The Morgan fingerprint density at radius 3 is 2.59 bits per heavy atom. The molecule has 8 heteroatoms. The number of anilines is 1. The van der Waals surface area contributed by atoms with E-state index in [0.29, 0.717) is 35.2 Å². The zero-order valence-corrected chi connectivity index (χ0v) is 16.9. The fourth-order valence-corrected chi connectivity index (χ4v) is 3.69. The number of nitrogens with one attached hydrogen (secondary N) is 1. The van der Waals surface area contributed by atoms with E-state index in [2.05, 4.69) is 17.1 Å². The number of hydrogen-bond acceptors (Lipinski definition) is 5. The van der Waals surface area contributed by atoms with Crippen molar-refractivity contribution in [3.63, 3.8) is 0 Å². The molecule has 1 saturated heterocycles. The number of fused-ring (bicyclic) bond motifs is 1. The number of rotatable bonds is 4. The quantitative estimate of drug-likeness (QED) is 0.830. The fraction of sp³-hybridized carbons (Fsp3) is 0.333. The molecule has 0 aliphatic carbocycles. The Morgan fingerprint density at radius 2 is 1.79 bits per heavy atom. The number of aryl methyl sites for hydroxylation is 1. The Morgan fingerprint density at radius 1 is 1.03 bits per heavy atom. The van der Waals surface area contributed by atoms with Crippen molar-refractivity contribution >= 4 is 29.1 Å². The minimum Gasteiger partial charge on any atom is -0.454 e. The molecule has 1 N–H and O–H groups in total. The van der Waals surface area contributed by atoms with Gasteiger partial charge in [0.25, 0.3) is 5.91 Å². The second-order valence-electron chi connectivity index (χ2n) is 7.05. The van der Waals surface area contributed by atoms with Crippen LogP contribution in [0.25, 0.3) is 0 Å². The molecule has 2 aromatic carbocycles. The molecule has 2 aliphatic rings. The van der Waals surface area contributed by atoms with Gasteiger partial charge < -0.3 is 24.6 Å². The van der Waals surface area contributed by atoms with Crippen LogP contribution in [0.5, 0.6) is 11.5 Å². The number of carbonyl (C=O) groups is 2. The molecule has 2 aromatic rings. The van der Waals surface area contributed by atoms with Crippen LogP contribution < -0.4 is 19.7 Å². The number of piperazine rings is 1. The Labute approximate surface area is 174 Å². The van der Waals surface area contributed by atoms with Crippen LogP contribution in [0.1, 0.15) is 15.9 Å². The van der Waals surface area contributed by atoms with Gasteiger partial charge in [-0.05, 0) is 42.8 Å². The highest BCUT2D eigenvalue weighted by atomic mass is 35.5. The minimum atomic E-state index is -0.315. The van der Waals surface area contributed by atoms with Crippen LogP contribution in [0.15, 0.2) is 36.4 Å². The van der Waals surface area contributed by atoms with Crippen LogP contribution in [0.2, 0.25) is 5.02 Å². The third kappa shape index (κ3) is 4.24. The third-order valence-corrected chi connectivity index (χ3v) is 5.41. The molecule has 29 heavy (non-hydrogen) atoms. The smallest absolute Gasteiger partial charge is 0.251 e. The molecule has 4 rings (SSSR count). The van der Waals surface area contributed by atoms with Gasteiger partial charge >= 0.3 is 0 Å². The lowest BCUT2D eigenvalue weighted by atomic mass is 10.1. The van der Waals surface area contributed by atoms with Crippen LogP contribution in [-0.2, 0) is 4.79 Å². The van der Waals surface area contributed by atoms with Crippen molar-refractivity contribution in [2.45, 2.75) is 6.92 Å². The Bertz CT molecular complexity index is 942. The number of benzene rings is 2. The zero-order chi connectivity index (χ0) is 20.4. The molecule has 2 heterocycles. The van der Waals surface area contributed by atoms with E-state index in [4.69, 9.17) is 21.1 Å². The van der Waals surface area contributed by atoms with Crippen LogP contribution in [-0.4, -0.2) is 56.2 Å². The van der Waals surface area contributed by atoms with Gasteiger partial charge in [0.2, 0.25) is 12.7 Å². The first kappa shape index (κ1) is 19.4. The molecule has 0 aromatic heterocycles. The summed E-state index contributed by atoms with van der Waals surface area (Å²) in [5, 5.41) is 3.39. The summed E-state index contributed by atoms with van der Waals surface area (Å²) in [6.07, 6.45) is 0. The van der Waals surface area contributed by atoms with Crippen LogP contribution in [0.3, 0.4) is 0 Å². The van der Waals surface area contributed by atoms with E-state index in [-0.39, 0.29) is 25.2 Å². The van der Waals surface area contributed by atoms with Gasteiger partial charge in [-0.1, -0.05) is 17.7 Å². The molecule has 0 atom stereocenters. The number of halogens is 1. The van der Waals surface area contributed by atoms with Crippen molar-refractivity contribution in [2.24, 2.45) is 0 Å². The fourth-order valence-electron chi connectivity index (χ4n) is 3.53. The Kier molecular flexibility index (Phi) is 5.49. The summed E-state index contributed by atoms with van der Waals surface area (Å²) in [5.74, 6) is 0.744. The number of amides is 2. The van der Waals surface area contributed by atoms with E-state index in [9.17, 15) is 9.59 Å². The lowest BCUT2D eigenvalue weighted by Gasteiger charge is -2.37. The summed E-state index contributed by atoms with van der Waals surface area (Å²) >= 11 is 6.12. The Balaban J connectivity index is 1.29. The molecule has 2 aliphatic heterocycles. The van der Waals surface area contributed by atoms with Crippen molar-refractivity contribution < 1.29 is 19.1 Å². The first-order chi connectivity index (χ1) is 14.0. The van der Waals surface area contributed by atoms with Gasteiger partial charge in [0.1, 0.15) is 0 Å². The van der Waals surface area contributed by atoms with Gasteiger partial charge in [-0.2, -0.15) is 0 Å². The summed E-state index contributed by atoms with van der Waals surface area (Å²) in [5.41, 5.74) is 2.69. The summed E-state index contributed by atoms with van der Waals surface area (Å²) < 4.78 is 10.5. The molecule has 0 spiro atoms. The molecule has 7 nitrogen and oxygen atoms in total. The van der Waals surface area contributed by atoms with Crippen molar-refractivity contribution in [3.05, 3.63) is 52.5 Å². The van der Waals surface area contributed by atoms with Crippen molar-refractivity contribution in [1.82, 2.24) is 10.2 Å². The number of nitrogens with zero attached hydrogens (tertiary/aromatic N) is 2. The van der Waals surface area contributed by atoms with Gasteiger partial charge in [-0.15, -0.1) is 0 Å².